The van der Waals surface area contributed by atoms with Crippen molar-refractivity contribution in [2.45, 2.75) is 32.6 Å². The van der Waals surface area contributed by atoms with Gasteiger partial charge in [-0.25, -0.2) is 9.59 Å². The standard InChI is InChI=1S/C16H19N3O5S/c1-9(20)18-14-13(10-4-2-3-5-11(10)25-14)15(22)24-8-12(21)19-7-6-17-16(19)23/h2-8H2,1H3,(H,17,23)(H,18,20). The van der Waals surface area contributed by atoms with Gasteiger partial charge >= 0.3 is 12.0 Å². The molecule has 2 N–H and O–H groups in total. The number of anilines is 1. The third kappa shape index (κ3) is 3.65. The number of nitrogens with one attached hydrogen (secondary N) is 2. The quantitative estimate of drug-likeness (QED) is 0.783. The second-order valence-corrected chi connectivity index (χ2v) is 7.05. The Morgan fingerprint density at radius 1 is 1.28 bits per heavy atom. The van der Waals surface area contributed by atoms with E-state index in [1.54, 1.807) is 0 Å². The van der Waals surface area contributed by atoms with E-state index in [1.165, 1.54) is 18.3 Å². The molecule has 0 bridgehead atoms. The van der Waals surface area contributed by atoms with Crippen LogP contribution in [0, 0.1) is 0 Å². The minimum Gasteiger partial charge on any atom is -0.452 e. The molecule has 0 atom stereocenters. The first-order valence-corrected chi connectivity index (χ1v) is 8.96. The van der Waals surface area contributed by atoms with Gasteiger partial charge in [0.25, 0.3) is 5.91 Å². The zero-order chi connectivity index (χ0) is 18.0. The number of rotatable bonds is 4. The summed E-state index contributed by atoms with van der Waals surface area (Å²) in [7, 11) is 0. The minimum atomic E-state index is -0.642. The van der Waals surface area contributed by atoms with Crippen LogP contribution in [0.4, 0.5) is 9.80 Å². The summed E-state index contributed by atoms with van der Waals surface area (Å²) in [5.74, 6) is -1.47. The number of amides is 4. The molecule has 0 unspecified atom stereocenters. The third-order valence-electron chi connectivity index (χ3n) is 4.15. The van der Waals surface area contributed by atoms with Gasteiger partial charge in [0.05, 0.1) is 5.56 Å². The van der Waals surface area contributed by atoms with Gasteiger partial charge in [-0.1, -0.05) is 0 Å². The molecule has 4 amide bonds. The lowest BCUT2D eigenvalue weighted by Gasteiger charge is -2.14. The van der Waals surface area contributed by atoms with Gasteiger partial charge in [-0.2, -0.15) is 0 Å². The van der Waals surface area contributed by atoms with Gasteiger partial charge in [-0.05, 0) is 31.2 Å². The summed E-state index contributed by atoms with van der Waals surface area (Å²) in [6.45, 7) is 1.53. The molecule has 0 aromatic carbocycles. The maximum absolute atomic E-state index is 12.5. The Balaban J connectivity index is 1.74. The van der Waals surface area contributed by atoms with Gasteiger partial charge in [0.1, 0.15) is 5.00 Å². The molecule has 9 heteroatoms. The van der Waals surface area contributed by atoms with Crippen molar-refractivity contribution < 1.29 is 23.9 Å². The van der Waals surface area contributed by atoms with Crippen LogP contribution in [0.5, 0.6) is 0 Å². The number of carbonyl (C=O) groups excluding carboxylic acids is 4. The third-order valence-corrected chi connectivity index (χ3v) is 5.36. The Bertz CT molecular complexity index is 742. The van der Waals surface area contributed by atoms with Crippen LogP contribution in [0.15, 0.2) is 0 Å². The number of carbonyl (C=O) groups is 4. The van der Waals surface area contributed by atoms with Crippen molar-refractivity contribution in [3.8, 4) is 0 Å². The molecule has 1 aliphatic heterocycles. The van der Waals surface area contributed by atoms with E-state index < -0.39 is 24.5 Å². The van der Waals surface area contributed by atoms with Crippen molar-refractivity contribution in [2.24, 2.45) is 0 Å². The van der Waals surface area contributed by atoms with E-state index in [1.807, 2.05) is 0 Å². The average molecular weight is 365 g/mol. The van der Waals surface area contributed by atoms with E-state index in [9.17, 15) is 19.2 Å². The highest BCUT2D eigenvalue weighted by Gasteiger charge is 2.30. The Morgan fingerprint density at radius 2 is 2.04 bits per heavy atom. The Kier molecular flexibility index (Phi) is 5.03. The van der Waals surface area contributed by atoms with Gasteiger partial charge in [0, 0.05) is 24.9 Å². The van der Waals surface area contributed by atoms with Gasteiger partial charge in [-0.3, -0.25) is 14.5 Å². The lowest BCUT2D eigenvalue weighted by atomic mass is 9.95. The van der Waals surface area contributed by atoms with Crippen LogP contribution in [0.1, 0.15) is 40.6 Å². The van der Waals surface area contributed by atoms with Crippen LogP contribution in [0.25, 0.3) is 0 Å². The van der Waals surface area contributed by atoms with Crippen molar-refractivity contribution in [3.63, 3.8) is 0 Å². The fraction of sp³-hybridized carbons (Fsp3) is 0.500. The number of fused-ring (bicyclic) bond motifs is 1. The molecule has 8 nitrogen and oxygen atoms in total. The number of hydrogen-bond donors (Lipinski definition) is 2. The molecule has 0 saturated carbocycles. The van der Waals surface area contributed by atoms with Crippen molar-refractivity contribution in [1.82, 2.24) is 10.2 Å². The predicted molar refractivity (Wildman–Crippen MR) is 90.7 cm³/mol. The Labute approximate surface area is 148 Å². The highest BCUT2D eigenvalue weighted by molar-refractivity contribution is 7.17. The van der Waals surface area contributed by atoms with Crippen LogP contribution in [0.3, 0.4) is 0 Å². The molecule has 0 radical (unpaired) electrons. The second-order valence-electron chi connectivity index (χ2n) is 5.95. The van der Waals surface area contributed by atoms with Crippen LogP contribution in [-0.4, -0.2) is 48.4 Å². The summed E-state index contributed by atoms with van der Waals surface area (Å²) in [4.78, 5) is 49.5. The van der Waals surface area contributed by atoms with Gasteiger partial charge < -0.3 is 15.4 Å². The molecule has 25 heavy (non-hydrogen) atoms. The van der Waals surface area contributed by atoms with Crippen molar-refractivity contribution >= 4 is 40.2 Å². The first-order chi connectivity index (χ1) is 12.0. The van der Waals surface area contributed by atoms with Crippen molar-refractivity contribution in [2.75, 3.05) is 25.0 Å². The van der Waals surface area contributed by atoms with Crippen LogP contribution in [-0.2, 0) is 27.2 Å². The molecule has 2 aliphatic rings. The molecule has 1 aromatic heterocycles. The van der Waals surface area contributed by atoms with E-state index in [2.05, 4.69) is 10.6 Å². The number of ether oxygens (including phenoxy) is 1. The number of urea groups is 1. The second kappa shape index (κ2) is 7.22. The highest BCUT2D eigenvalue weighted by Crippen LogP contribution is 2.38. The van der Waals surface area contributed by atoms with E-state index in [0.717, 1.165) is 41.0 Å². The molecular weight excluding hydrogens is 346 g/mol. The normalized spacial score (nSPS) is 16.2. The fourth-order valence-electron chi connectivity index (χ4n) is 3.02. The van der Waals surface area contributed by atoms with E-state index >= 15 is 0 Å². The Morgan fingerprint density at radius 3 is 2.72 bits per heavy atom. The molecule has 1 aliphatic carbocycles. The van der Waals surface area contributed by atoms with Crippen molar-refractivity contribution in [1.29, 1.82) is 0 Å². The van der Waals surface area contributed by atoms with E-state index in [-0.39, 0.29) is 12.5 Å². The number of nitrogens with zero attached hydrogens (tertiary/aromatic N) is 1. The van der Waals surface area contributed by atoms with Crippen molar-refractivity contribution in [3.05, 3.63) is 16.0 Å². The summed E-state index contributed by atoms with van der Waals surface area (Å²) in [6.07, 6.45) is 3.63. The fourth-order valence-corrected chi connectivity index (χ4v) is 4.34. The lowest BCUT2D eigenvalue weighted by molar-refractivity contribution is -0.130. The topological polar surface area (TPSA) is 105 Å². The molecule has 1 saturated heterocycles. The number of aryl methyl sites for hydroxylation is 1. The highest BCUT2D eigenvalue weighted by atomic mass is 32.1. The molecular formula is C16H19N3O5S. The van der Waals surface area contributed by atoms with Gasteiger partial charge in [-0.15, -0.1) is 11.3 Å². The zero-order valence-electron chi connectivity index (χ0n) is 13.8. The zero-order valence-corrected chi connectivity index (χ0v) is 14.7. The number of imide groups is 1. The largest absolute Gasteiger partial charge is 0.452 e. The minimum absolute atomic E-state index is 0.264. The SMILES string of the molecule is CC(=O)Nc1sc2c(c1C(=O)OCC(=O)N1CCNC1=O)CCCC2. The van der Waals surface area contributed by atoms with Crippen LogP contribution < -0.4 is 10.6 Å². The molecule has 2 heterocycles. The summed E-state index contributed by atoms with van der Waals surface area (Å²) in [5, 5.41) is 5.67. The average Bonchev–Trinajstić information content (AvgIpc) is 3.14. The monoisotopic (exact) mass is 365 g/mol. The van der Waals surface area contributed by atoms with Crippen LogP contribution >= 0.6 is 11.3 Å². The smallest absolute Gasteiger partial charge is 0.341 e. The van der Waals surface area contributed by atoms with E-state index in [0.29, 0.717) is 17.1 Å². The molecule has 134 valence electrons. The lowest BCUT2D eigenvalue weighted by Crippen LogP contribution is -2.37. The molecule has 1 fully saturated rings. The summed E-state index contributed by atoms with van der Waals surface area (Å²) < 4.78 is 5.14. The predicted octanol–water partition coefficient (Wildman–Crippen LogP) is 1.29. The first kappa shape index (κ1) is 17.4. The number of esters is 1. The molecule has 3 rings (SSSR count). The van der Waals surface area contributed by atoms with E-state index in [4.69, 9.17) is 4.74 Å². The van der Waals surface area contributed by atoms with Crippen LogP contribution in [0.2, 0.25) is 0 Å². The first-order valence-electron chi connectivity index (χ1n) is 8.15. The number of thiophene rings is 1. The number of hydrogen-bond acceptors (Lipinski definition) is 6. The van der Waals surface area contributed by atoms with Gasteiger partial charge in [0.2, 0.25) is 5.91 Å². The van der Waals surface area contributed by atoms with Gasteiger partial charge in [0.15, 0.2) is 6.61 Å². The summed E-state index contributed by atoms with van der Waals surface area (Å²) in [5.41, 5.74) is 1.24. The summed E-state index contributed by atoms with van der Waals surface area (Å²) >= 11 is 1.39. The maximum atomic E-state index is 12.5. The molecule has 1 aromatic rings. The Hall–Kier alpha value is -2.42. The molecule has 0 spiro atoms. The maximum Gasteiger partial charge on any atom is 0.341 e. The summed E-state index contributed by atoms with van der Waals surface area (Å²) in [6, 6.07) is -0.479.